The number of aromatic nitrogens is 2. The maximum atomic E-state index is 13.3. The molecule has 2 aliphatic rings. The molecule has 2 aromatic carbocycles. The topological polar surface area (TPSA) is 61.8 Å². The number of hydrogen-bond acceptors (Lipinski definition) is 6. The number of amides is 1. The Balaban J connectivity index is 1.20. The third-order valence-corrected chi connectivity index (χ3v) is 7.13. The first kappa shape index (κ1) is 23.4. The molecule has 7 nitrogen and oxygen atoms in total. The average molecular weight is 492 g/mol. The first-order valence-electron chi connectivity index (χ1n) is 12.1. The lowest BCUT2D eigenvalue weighted by atomic mass is 9.96. The number of carbonyl (C=O) groups excluding carboxylic acids is 1. The fourth-order valence-electron chi connectivity index (χ4n) is 5.00. The van der Waals surface area contributed by atoms with Gasteiger partial charge in [-0.05, 0) is 55.3 Å². The number of anilines is 2. The van der Waals surface area contributed by atoms with Crippen LogP contribution in [0.2, 0.25) is 5.02 Å². The molecule has 182 valence electrons. The van der Waals surface area contributed by atoms with Gasteiger partial charge in [0.05, 0.1) is 18.7 Å². The average Bonchev–Trinajstić information content (AvgIpc) is 2.93. The van der Waals surface area contributed by atoms with Gasteiger partial charge in [0.25, 0.3) is 0 Å². The maximum absolute atomic E-state index is 13.3. The molecule has 3 aromatic rings. The Labute approximate surface area is 211 Å². The molecule has 0 spiro atoms. The Bertz CT molecular complexity index is 1160. The summed E-state index contributed by atoms with van der Waals surface area (Å²) in [5, 5.41) is 9.68. The van der Waals surface area contributed by atoms with E-state index in [9.17, 15) is 4.79 Å². The van der Waals surface area contributed by atoms with Gasteiger partial charge < -0.3 is 19.4 Å². The molecule has 0 N–H and O–H groups in total. The van der Waals surface area contributed by atoms with Gasteiger partial charge in [-0.15, -0.1) is 10.2 Å². The summed E-state index contributed by atoms with van der Waals surface area (Å²) in [6, 6.07) is 19.7. The van der Waals surface area contributed by atoms with Crippen molar-refractivity contribution in [3.05, 3.63) is 65.7 Å². The van der Waals surface area contributed by atoms with Gasteiger partial charge in [0, 0.05) is 55.5 Å². The van der Waals surface area contributed by atoms with Gasteiger partial charge in [0.2, 0.25) is 5.91 Å². The zero-order chi connectivity index (χ0) is 24.2. The minimum absolute atomic E-state index is 0.0165. The van der Waals surface area contributed by atoms with Crippen molar-refractivity contribution < 1.29 is 9.53 Å². The highest BCUT2D eigenvalue weighted by Crippen LogP contribution is 2.29. The lowest BCUT2D eigenvalue weighted by molar-refractivity contribution is -0.136. The molecule has 2 saturated heterocycles. The number of hydrogen-bond donors (Lipinski definition) is 0. The van der Waals surface area contributed by atoms with Crippen molar-refractivity contribution in [2.75, 3.05) is 56.2 Å². The van der Waals surface area contributed by atoms with Gasteiger partial charge in [-0.3, -0.25) is 4.79 Å². The van der Waals surface area contributed by atoms with E-state index in [0.717, 1.165) is 79.1 Å². The smallest absolute Gasteiger partial charge is 0.227 e. The number of rotatable bonds is 5. The summed E-state index contributed by atoms with van der Waals surface area (Å²) < 4.78 is 5.45. The summed E-state index contributed by atoms with van der Waals surface area (Å²) in [4.78, 5) is 19.8. The minimum atomic E-state index is -0.0165. The summed E-state index contributed by atoms with van der Waals surface area (Å²) in [6.45, 7) is 4.66. The second-order valence-corrected chi connectivity index (χ2v) is 9.49. The molecular weight excluding hydrogens is 462 g/mol. The molecule has 35 heavy (non-hydrogen) atoms. The van der Waals surface area contributed by atoms with Crippen LogP contribution in [0.4, 0.5) is 11.5 Å². The van der Waals surface area contributed by atoms with Gasteiger partial charge in [0.1, 0.15) is 5.75 Å². The minimum Gasteiger partial charge on any atom is -0.496 e. The predicted octanol–water partition coefficient (Wildman–Crippen LogP) is 4.37. The van der Waals surface area contributed by atoms with E-state index in [0.29, 0.717) is 6.54 Å². The lowest BCUT2D eigenvalue weighted by Gasteiger charge is -2.40. The van der Waals surface area contributed by atoms with Crippen LogP contribution in [0.1, 0.15) is 12.8 Å². The van der Waals surface area contributed by atoms with Gasteiger partial charge in [-0.25, -0.2) is 0 Å². The quantitative estimate of drug-likeness (QED) is 0.528. The molecule has 0 saturated carbocycles. The van der Waals surface area contributed by atoms with E-state index in [-0.39, 0.29) is 11.8 Å². The normalized spacial score (nSPS) is 18.5. The summed E-state index contributed by atoms with van der Waals surface area (Å²) in [7, 11) is 1.66. The fraction of sp³-hybridized carbons (Fsp3) is 0.370. The van der Waals surface area contributed by atoms with E-state index >= 15 is 0 Å². The van der Waals surface area contributed by atoms with Crippen LogP contribution in [-0.4, -0.2) is 67.4 Å². The van der Waals surface area contributed by atoms with Crippen LogP contribution in [0, 0.1) is 5.92 Å². The number of benzene rings is 2. The van der Waals surface area contributed by atoms with Crippen LogP contribution < -0.4 is 14.5 Å². The summed E-state index contributed by atoms with van der Waals surface area (Å²) in [5.74, 6) is 1.82. The number of methoxy groups -OCH3 is 1. The SMILES string of the molecule is COc1ccccc1-c1ccc(N2CCCC(C(=O)N3CCN(c4cccc(Cl)c4)CC3)C2)nn1. The largest absolute Gasteiger partial charge is 0.496 e. The van der Waals surface area contributed by atoms with Crippen molar-refractivity contribution in [2.24, 2.45) is 5.92 Å². The van der Waals surface area contributed by atoms with Gasteiger partial charge in [0.15, 0.2) is 5.82 Å². The molecule has 1 amide bonds. The molecule has 1 atom stereocenters. The highest BCUT2D eigenvalue weighted by molar-refractivity contribution is 6.30. The van der Waals surface area contributed by atoms with Crippen molar-refractivity contribution >= 4 is 29.0 Å². The summed E-state index contributed by atoms with van der Waals surface area (Å²) >= 11 is 6.15. The van der Waals surface area contributed by atoms with E-state index in [1.165, 1.54) is 0 Å². The second-order valence-electron chi connectivity index (χ2n) is 9.05. The molecule has 1 aromatic heterocycles. The first-order chi connectivity index (χ1) is 17.1. The van der Waals surface area contributed by atoms with E-state index in [4.69, 9.17) is 16.3 Å². The van der Waals surface area contributed by atoms with Gasteiger partial charge >= 0.3 is 0 Å². The summed E-state index contributed by atoms with van der Waals surface area (Å²) in [5.41, 5.74) is 2.80. The Morgan fingerprint density at radius 1 is 0.943 bits per heavy atom. The molecule has 0 aliphatic carbocycles. The van der Waals surface area contributed by atoms with Crippen molar-refractivity contribution in [1.29, 1.82) is 0 Å². The van der Waals surface area contributed by atoms with Crippen LogP contribution in [0.15, 0.2) is 60.7 Å². The Morgan fingerprint density at radius 2 is 1.77 bits per heavy atom. The molecular formula is C27H30ClN5O2. The Morgan fingerprint density at radius 3 is 2.51 bits per heavy atom. The van der Waals surface area contributed by atoms with Crippen LogP contribution in [0.5, 0.6) is 5.75 Å². The Hall–Kier alpha value is -3.32. The highest BCUT2D eigenvalue weighted by atomic mass is 35.5. The highest BCUT2D eigenvalue weighted by Gasteiger charge is 2.31. The van der Waals surface area contributed by atoms with E-state index in [1.807, 2.05) is 59.5 Å². The molecule has 8 heteroatoms. The van der Waals surface area contributed by atoms with Crippen molar-refractivity contribution in [3.8, 4) is 17.0 Å². The monoisotopic (exact) mass is 491 g/mol. The van der Waals surface area contributed by atoms with Crippen molar-refractivity contribution in [3.63, 3.8) is 0 Å². The zero-order valence-corrected chi connectivity index (χ0v) is 20.7. The molecule has 0 radical (unpaired) electrons. The van der Waals surface area contributed by atoms with Crippen molar-refractivity contribution in [2.45, 2.75) is 12.8 Å². The van der Waals surface area contributed by atoms with Gasteiger partial charge in [-0.1, -0.05) is 29.8 Å². The third kappa shape index (κ3) is 5.20. The third-order valence-electron chi connectivity index (χ3n) is 6.89. The van der Waals surface area contributed by atoms with Crippen LogP contribution >= 0.6 is 11.6 Å². The fourth-order valence-corrected chi connectivity index (χ4v) is 5.18. The standard InChI is InChI=1S/C27H30ClN5O2/c1-35-25-10-3-2-9-23(25)24-11-12-26(30-29-24)33-13-5-6-20(19-33)27(34)32-16-14-31(15-17-32)22-8-4-7-21(28)18-22/h2-4,7-12,18,20H,5-6,13-17,19H2,1H3. The predicted molar refractivity (Wildman–Crippen MR) is 139 cm³/mol. The number of halogens is 1. The van der Waals surface area contributed by atoms with E-state index in [2.05, 4.69) is 26.1 Å². The maximum Gasteiger partial charge on any atom is 0.227 e. The van der Waals surface area contributed by atoms with Crippen LogP contribution in [-0.2, 0) is 4.79 Å². The second kappa shape index (κ2) is 10.5. The number of ether oxygens (including phenoxy) is 1. The molecule has 5 rings (SSSR count). The first-order valence-corrected chi connectivity index (χ1v) is 12.5. The summed E-state index contributed by atoms with van der Waals surface area (Å²) in [6.07, 6.45) is 1.88. The van der Waals surface area contributed by atoms with E-state index < -0.39 is 0 Å². The van der Waals surface area contributed by atoms with Crippen molar-refractivity contribution in [1.82, 2.24) is 15.1 Å². The number of nitrogens with zero attached hydrogens (tertiary/aromatic N) is 5. The number of piperazine rings is 1. The molecule has 2 aliphatic heterocycles. The zero-order valence-electron chi connectivity index (χ0n) is 19.9. The Kier molecular flexibility index (Phi) is 7.04. The molecule has 1 unspecified atom stereocenters. The lowest BCUT2D eigenvalue weighted by Crippen LogP contribution is -2.52. The number of piperidine rings is 1. The van der Waals surface area contributed by atoms with Gasteiger partial charge in [-0.2, -0.15) is 0 Å². The van der Waals surface area contributed by atoms with E-state index in [1.54, 1.807) is 7.11 Å². The number of para-hydroxylation sites is 1. The molecule has 2 fully saturated rings. The number of carbonyl (C=O) groups is 1. The van der Waals surface area contributed by atoms with Crippen LogP contribution in [0.25, 0.3) is 11.3 Å². The molecule has 3 heterocycles. The molecule has 0 bridgehead atoms. The van der Waals surface area contributed by atoms with Crippen LogP contribution in [0.3, 0.4) is 0 Å².